The maximum atomic E-state index is 14.4. The van der Waals surface area contributed by atoms with Crippen LogP contribution in [0.5, 0.6) is 0 Å². The Morgan fingerprint density at radius 1 is 1.09 bits per heavy atom. The van der Waals surface area contributed by atoms with Crippen LogP contribution < -0.4 is 11.1 Å². The second-order valence-electron chi connectivity index (χ2n) is 12.5. The maximum absolute atomic E-state index is 14.4. The molecule has 4 heterocycles. The molecule has 8 nitrogen and oxygen atoms in total. The molecule has 0 aliphatic carbocycles. The lowest BCUT2D eigenvalue weighted by atomic mass is 9.85. The van der Waals surface area contributed by atoms with Crippen LogP contribution in [0.2, 0.25) is 0 Å². The van der Waals surface area contributed by atoms with Gasteiger partial charge < -0.3 is 15.6 Å². The predicted octanol–water partition coefficient (Wildman–Crippen LogP) is 6.36. The van der Waals surface area contributed by atoms with Crippen molar-refractivity contribution < 1.29 is 18.4 Å². The average molecular weight is 619 g/mol. The van der Waals surface area contributed by atoms with Gasteiger partial charge >= 0.3 is 0 Å². The fraction of sp³-hybridized carbons (Fsp3) is 0.250. The molecule has 0 fully saturated rings. The van der Waals surface area contributed by atoms with Crippen LogP contribution in [0, 0.1) is 28.9 Å². The lowest BCUT2D eigenvalue weighted by molar-refractivity contribution is 0.0935. The summed E-state index contributed by atoms with van der Waals surface area (Å²) >= 11 is 0. The second-order valence-corrected chi connectivity index (χ2v) is 12.5. The van der Waals surface area contributed by atoms with E-state index in [4.69, 9.17) is 21.0 Å². The molecule has 2 aromatic carbocycles. The molecular weight excluding hydrogens is 586 g/mol. The number of nitriles is 1. The summed E-state index contributed by atoms with van der Waals surface area (Å²) in [5, 5.41) is 12.9. The number of nitrogens with zero attached hydrogens (tertiary/aromatic N) is 4. The van der Waals surface area contributed by atoms with Gasteiger partial charge in [-0.25, -0.2) is 13.8 Å². The minimum Gasteiger partial charge on any atom is -0.366 e. The van der Waals surface area contributed by atoms with Crippen molar-refractivity contribution in [2.45, 2.75) is 52.1 Å². The smallest absolute Gasteiger partial charge is 0.254 e. The van der Waals surface area contributed by atoms with Crippen molar-refractivity contribution in [3.8, 4) is 17.2 Å². The number of aromatic nitrogens is 3. The number of amides is 2. The summed E-state index contributed by atoms with van der Waals surface area (Å²) in [6.07, 6.45) is 4.24. The monoisotopic (exact) mass is 618 g/mol. The van der Waals surface area contributed by atoms with E-state index in [-0.39, 0.29) is 34.5 Å². The van der Waals surface area contributed by atoms with Crippen LogP contribution in [-0.4, -0.2) is 26.3 Å². The molecule has 2 atom stereocenters. The highest BCUT2D eigenvalue weighted by atomic mass is 19.1. The Morgan fingerprint density at radius 2 is 1.83 bits per heavy atom. The molecule has 0 bridgehead atoms. The number of carbonyl (C=O) groups is 2. The molecule has 6 rings (SSSR count). The first kappa shape index (κ1) is 30.6. The molecule has 0 radical (unpaired) electrons. The van der Waals surface area contributed by atoms with Crippen LogP contribution >= 0.6 is 0 Å². The van der Waals surface area contributed by atoms with Crippen LogP contribution in [-0.2, 0) is 18.4 Å². The minimum absolute atomic E-state index is 0.0270. The molecule has 3 N–H and O–H groups in total. The van der Waals surface area contributed by atoms with Gasteiger partial charge in [-0.2, -0.15) is 5.26 Å². The molecule has 1 aliphatic heterocycles. The molecule has 3 aromatic heterocycles. The zero-order valence-corrected chi connectivity index (χ0v) is 25.9. The summed E-state index contributed by atoms with van der Waals surface area (Å²) in [5.41, 5.74) is 9.45. The fourth-order valence-corrected chi connectivity index (χ4v) is 6.39. The van der Waals surface area contributed by atoms with Gasteiger partial charge in [-0.05, 0) is 73.7 Å². The van der Waals surface area contributed by atoms with Crippen molar-refractivity contribution in [2.75, 3.05) is 0 Å². The van der Waals surface area contributed by atoms with Crippen molar-refractivity contribution in [2.24, 2.45) is 11.7 Å². The van der Waals surface area contributed by atoms with E-state index >= 15 is 0 Å². The highest BCUT2D eigenvalue weighted by Crippen LogP contribution is 2.42. The van der Waals surface area contributed by atoms with Gasteiger partial charge in [0.05, 0.1) is 39.7 Å². The summed E-state index contributed by atoms with van der Waals surface area (Å²) in [6.45, 7) is 7.80. The third kappa shape index (κ3) is 5.28. The quantitative estimate of drug-likeness (QED) is 0.209. The van der Waals surface area contributed by atoms with Crippen LogP contribution in [0.3, 0.4) is 0 Å². The Labute approximate surface area is 264 Å². The van der Waals surface area contributed by atoms with Crippen molar-refractivity contribution in [3.63, 3.8) is 0 Å². The van der Waals surface area contributed by atoms with Gasteiger partial charge in [0.25, 0.3) is 11.8 Å². The van der Waals surface area contributed by atoms with E-state index in [9.17, 15) is 18.4 Å². The van der Waals surface area contributed by atoms with Gasteiger partial charge in [0.15, 0.2) is 0 Å². The highest BCUT2D eigenvalue weighted by molar-refractivity contribution is 6.12. The van der Waals surface area contributed by atoms with Crippen LogP contribution in [0.4, 0.5) is 8.78 Å². The molecule has 0 spiro atoms. The van der Waals surface area contributed by atoms with Crippen LogP contribution in [0.25, 0.3) is 22.2 Å². The summed E-state index contributed by atoms with van der Waals surface area (Å²) < 4.78 is 30.0. The molecule has 232 valence electrons. The summed E-state index contributed by atoms with van der Waals surface area (Å²) in [6, 6.07) is 15.9. The molecule has 46 heavy (non-hydrogen) atoms. The number of halogens is 2. The zero-order chi connectivity index (χ0) is 32.9. The number of pyridine rings is 2. The minimum atomic E-state index is -0.937. The van der Waals surface area contributed by atoms with Gasteiger partial charge in [0.2, 0.25) is 0 Å². The molecule has 2 unspecified atom stereocenters. The summed E-state index contributed by atoms with van der Waals surface area (Å²) in [5.74, 6) is -1.91. The van der Waals surface area contributed by atoms with Gasteiger partial charge in [-0.1, -0.05) is 32.0 Å². The van der Waals surface area contributed by atoms with Gasteiger partial charge in [0.1, 0.15) is 23.4 Å². The van der Waals surface area contributed by atoms with E-state index < -0.39 is 23.2 Å². The first-order chi connectivity index (χ1) is 21.9. The van der Waals surface area contributed by atoms with Crippen LogP contribution in [0.1, 0.15) is 82.5 Å². The van der Waals surface area contributed by atoms with Crippen molar-refractivity contribution in [1.29, 1.82) is 5.26 Å². The number of hydrogen-bond donors (Lipinski definition) is 2. The molecule has 2 amide bonds. The maximum Gasteiger partial charge on any atom is 0.254 e. The first-order valence-electron chi connectivity index (χ1n) is 15.0. The number of primary amides is 1. The summed E-state index contributed by atoms with van der Waals surface area (Å²) in [4.78, 5) is 36.6. The van der Waals surface area contributed by atoms with E-state index in [1.54, 1.807) is 24.4 Å². The third-order valence-corrected chi connectivity index (χ3v) is 8.59. The number of fused-ring (bicyclic) bond motifs is 2. The van der Waals surface area contributed by atoms with E-state index in [1.807, 2.05) is 56.7 Å². The Bertz CT molecular complexity index is 2080. The Hall–Kier alpha value is -5.43. The highest BCUT2D eigenvalue weighted by Gasteiger charge is 2.44. The van der Waals surface area contributed by atoms with E-state index in [1.165, 1.54) is 24.3 Å². The largest absolute Gasteiger partial charge is 0.366 e. The Balaban J connectivity index is 1.51. The number of benzene rings is 2. The van der Waals surface area contributed by atoms with E-state index in [2.05, 4.69) is 5.32 Å². The third-order valence-electron chi connectivity index (χ3n) is 8.59. The Morgan fingerprint density at radius 3 is 2.48 bits per heavy atom. The number of nitrogens with two attached hydrogens (primary N) is 1. The normalized spacial score (nSPS) is 16.3. The number of carbonyl (C=O) groups excluding carboxylic acids is 2. The van der Waals surface area contributed by atoms with Crippen molar-refractivity contribution >= 4 is 22.8 Å². The SMILES string of the molecule is CC(C)Cc1nc2c(c(-c3cnc4c(ccn4C(C)c4ccc(C#N)c(F)c4)c3)c1C(N)=O)C(=O)NC2(C)Cc1ccc(F)cc1. The van der Waals surface area contributed by atoms with Gasteiger partial charge in [0, 0.05) is 35.3 Å². The molecule has 0 saturated carbocycles. The summed E-state index contributed by atoms with van der Waals surface area (Å²) in [7, 11) is 0. The molecule has 0 saturated heterocycles. The fourth-order valence-electron chi connectivity index (χ4n) is 6.39. The van der Waals surface area contributed by atoms with E-state index in [0.29, 0.717) is 46.6 Å². The molecule has 1 aliphatic rings. The first-order valence-corrected chi connectivity index (χ1v) is 15.0. The second kappa shape index (κ2) is 11.5. The molecule has 10 heteroatoms. The average Bonchev–Trinajstić information content (AvgIpc) is 3.54. The number of hydrogen-bond acceptors (Lipinski definition) is 5. The topological polar surface area (TPSA) is 127 Å². The van der Waals surface area contributed by atoms with Crippen molar-refractivity contribution in [1.82, 2.24) is 19.9 Å². The van der Waals surface area contributed by atoms with Crippen LogP contribution in [0.15, 0.2) is 67.0 Å². The zero-order valence-electron chi connectivity index (χ0n) is 25.9. The van der Waals surface area contributed by atoms with Gasteiger partial charge in [-0.3, -0.25) is 14.6 Å². The van der Waals surface area contributed by atoms with Gasteiger partial charge in [-0.15, -0.1) is 0 Å². The molecular formula is C36H32F2N6O2. The van der Waals surface area contributed by atoms with Crippen molar-refractivity contribution in [3.05, 3.63) is 118 Å². The predicted molar refractivity (Wildman–Crippen MR) is 170 cm³/mol. The number of rotatable bonds is 8. The number of nitrogens with one attached hydrogen (secondary N) is 1. The Kier molecular flexibility index (Phi) is 7.64. The standard InChI is InChI=1S/C36H32F2N6O2/c1-19(2)13-28-30(33(40)45)29(31-32(42-28)36(4,43-35(31)46)16-21-5-9-26(37)10-6-21)25-14-23-11-12-44(34(23)41-18-25)20(3)22-7-8-24(17-39)27(38)15-22/h5-12,14-15,18-20H,13,16H2,1-4H3,(H2,40,45)(H,43,46). The lowest BCUT2D eigenvalue weighted by Gasteiger charge is -2.26. The lowest BCUT2D eigenvalue weighted by Crippen LogP contribution is -2.39. The molecule has 5 aromatic rings. The van der Waals surface area contributed by atoms with E-state index in [0.717, 1.165) is 10.9 Å².